The topological polar surface area (TPSA) is 87.3 Å². The van der Waals surface area contributed by atoms with E-state index in [0.717, 1.165) is 43.9 Å². The number of phenolic OH excluding ortho intramolecular Hbond substituents is 1. The smallest absolute Gasteiger partial charge is 0.133 e. The number of likely N-dealkylation sites (tertiary alicyclic amines) is 1. The lowest BCUT2D eigenvalue weighted by atomic mass is 9.89. The van der Waals surface area contributed by atoms with Crippen molar-refractivity contribution in [2.45, 2.75) is 31.8 Å². The SMILES string of the molecule is Oc1ccc(Cn2cc(CN3CCC(c4cccc(O)c4)CC3)nn2)nc1. The molecule has 140 valence electrons. The van der Waals surface area contributed by atoms with Gasteiger partial charge in [0, 0.05) is 6.54 Å². The summed E-state index contributed by atoms with van der Waals surface area (Å²) in [6.45, 7) is 3.34. The number of piperidine rings is 1. The first-order valence-electron chi connectivity index (χ1n) is 9.20. The molecule has 2 N–H and O–H groups in total. The molecule has 1 saturated heterocycles. The second-order valence-electron chi connectivity index (χ2n) is 7.06. The Labute approximate surface area is 157 Å². The second-order valence-corrected chi connectivity index (χ2v) is 7.06. The third-order valence-corrected chi connectivity index (χ3v) is 5.03. The van der Waals surface area contributed by atoms with Gasteiger partial charge in [0.25, 0.3) is 0 Å². The Morgan fingerprint density at radius 1 is 0.963 bits per heavy atom. The van der Waals surface area contributed by atoms with Crippen LogP contribution in [0.5, 0.6) is 11.5 Å². The van der Waals surface area contributed by atoms with E-state index in [1.807, 2.05) is 18.3 Å². The van der Waals surface area contributed by atoms with Crippen LogP contribution in [0, 0.1) is 0 Å². The molecule has 0 spiro atoms. The van der Waals surface area contributed by atoms with E-state index < -0.39 is 0 Å². The highest BCUT2D eigenvalue weighted by Gasteiger charge is 2.21. The summed E-state index contributed by atoms with van der Waals surface area (Å²) in [4.78, 5) is 6.57. The van der Waals surface area contributed by atoms with E-state index in [0.29, 0.717) is 18.2 Å². The Bertz CT molecular complexity index is 885. The van der Waals surface area contributed by atoms with Gasteiger partial charge in [0.1, 0.15) is 11.5 Å². The fraction of sp³-hybridized carbons (Fsp3) is 0.350. The summed E-state index contributed by atoms with van der Waals surface area (Å²) in [5.41, 5.74) is 3.00. The predicted octanol–water partition coefficient (Wildman–Crippen LogP) is 2.51. The fourth-order valence-electron chi connectivity index (χ4n) is 3.60. The molecule has 3 aromatic rings. The van der Waals surface area contributed by atoms with Gasteiger partial charge in [-0.05, 0) is 61.7 Å². The normalized spacial score (nSPS) is 15.9. The molecule has 1 aliphatic rings. The second kappa shape index (κ2) is 7.75. The average Bonchev–Trinajstić information content (AvgIpc) is 3.11. The quantitative estimate of drug-likeness (QED) is 0.722. The van der Waals surface area contributed by atoms with Gasteiger partial charge < -0.3 is 10.2 Å². The van der Waals surface area contributed by atoms with E-state index in [1.165, 1.54) is 11.8 Å². The van der Waals surface area contributed by atoms with Crippen molar-refractivity contribution in [3.63, 3.8) is 0 Å². The van der Waals surface area contributed by atoms with Gasteiger partial charge in [0.15, 0.2) is 0 Å². The van der Waals surface area contributed by atoms with Gasteiger partial charge in [-0.25, -0.2) is 4.68 Å². The molecule has 3 heterocycles. The van der Waals surface area contributed by atoms with Crippen LogP contribution >= 0.6 is 0 Å². The molecular weight excluding hydrogens is 342 g/mol. The highest BCUT2D eigenvalue weighted by molar-refractivity contribution is 5.30. The van der Waals surface area contributed by atoms with Gasteiger partial charge in [-0.1, -0.05) is 17.3 Å². The van der Waals surface area contributed by atoms with Crippen LogP contribution in [0.25, 0.3) is 0 Å². The van der Waals surface area contributed by atoms with Crippen LogP contribution in [-0.2, 0) is 13.1 Å². The largest absolute Gasteiger partial charge is 0.508 e. The lowest BCUT2D eigenvalue weighted by Crippen LogP contribution is -2.32. The molecule has 0 amide bonds. The molecule has 0 aliphatic carbocycles. The van der Waals surface area contributed by atoms with Crippen LogP contribution in [0.4, 0.5) is 0 Å². The summed E-state index contributed by atoms with van der Waals surface area (Å²) in [5, 5.41) is 27.4. The zero-order chi connectivity index (χ0) is 18.6. The Morgan fingerprint density at radius 2 is 1.81 bits per heavy atom. The van der Waals surface area contributed by atoms with E-state index in [1.54, 1.807) is 22.9 Å². The van der Waals surface area contributed by atoms with Crippen LogP contribution in [0.2, 0.25) is 0 Å². The summed E-state index contributed by atoms with van der Waals surface area (Å²) in [6.07, 6.45) is 5.55. The highest BCUT2D eigenvalue weighted by atomic mass is 16.3. The van der Waals surface area contributed by atoms with Crippen LogP contribution in [0.15, 0.2) is 48.8 Å². The summed E-state index contributed by atoms with van der Waals surface area (Å²) in [6, 6.07) is 11.0. The number of rotatable bonds is 5. The van der Waals surface area contributed by atoms with E-state index in [9.17, 15) is 10.2 Å². The van der Waals surface area contributed by atoms with Gasteiger partial charge in [0.2, 0.25) is 0 Å². The molecule has 0 bridgehead atoms. The molecule has 1 aliphatic heterocycles. The van der Waals surface area contributed by atoms with E-state index in [4.69, 9.17) is 0 Å². The lowest BCUT2D eigenvalue weighted by Gasteiger charge is -2.31. The van der Waals surface area contributed by atoms with Gasteiger partial charge >= 0.3 is 0 Å². The first kappa shape index (κ1) is 17.5. The maximum Gasteiger partial charge on any atom is 0.133 e. The Kier molecular flexibility index (Phi) is 5.02. The van der Waals surface area contributed by atoms with Crippen LogP contribution < -0.4 is 0 Å². The van der Waals surface area contributed by atoms with Crippen molar-refractivity contribution in [3.8, 4) is 11.5 Å². The number of hydrogen-bond donors (Lipinski definition) is 2. The van der Waals surface area contributed by atoms with Crippen LogP contribution in [0.1, 0.15) is 35.7 Å². The molecule has 2 aromatic heterocycles. The maximum atomic E-state index is 9.67. The van der Waals surface area contributed by atoms with Crippen molar-refractivity contribution in [1.29, 1.82) is 0 Å². The molecule has 0 radical (unpaired) electrons. The zero-order valence-electron chi connectivity index (χ0n) is 15.1. The molecule has 4 rings (SSSR count). The van der Waals surface area contributed by atoms with Crippen molar-refractivity contribution in [2.75, 3.05) is 13.1 Å². The molecule has 0 unspecified atom stereocenters. The molecule has 0 saturated carbocycles. The third-order valence-electron chi connectivity index (χ3n) is 5.03. The number of pyridine rings is 1. The van der Waals surface area contributed by atoms with Crippen molar-refractivity contribution < 1.29 is 10.2 Å². The van der Waals surface area contributed by atoms with Gasteiger partial charge in [-0.15, -0.1) is 5.10 Å². The lowest BCUT2D eigenvalue weighted by molar-refractivity contribution is 0.202. The van der Waals surface area contributed by atoms with Crippen molar-refractivity contribution in [2.24, 2.45) is 0 Å². The van der Waals surface area contributed by atoms with E-state index >= 15 is 0 Å². The van der Waals surface area contributed by atoms with Crippen molar-refractivity contribution in [3.05, 3.63) is 65.7 Å². The number of hydrogen-bond acceptors (Lipinski definition) is 6. The Balaban J connectivity index is 1.30. The maximum absolute atomic E-state index is 9.67. The standard InChI is InChI=1S/C20H23N5O2/c26-19-3-1-2-16(10-19)15-6-8-24(9-7-15)12-18-14-25(23-22-18)13-17-4-5-20(27)11-21-17/h1-5,10-11,14-15,26-27H,6-9,12-13H2. The van der Waals surface area contributed by atoms with Gasteiger partial charge in [-0.2, -0.15) is 0 Å². The zero-order valence-corrected chi connectivity index (χ0v) is 15.1. The van der Waals surface area contributed by atoms with Gasteiger partial charge in [-0.3, -0.25) is 9.88 Å². The summed E-state index contributed by atoms with van der Waals surface area (Å²) in [5.74, 6) is 1.01. The Morgan fingerprint density at radius 3 is 2.56 bits per heavy atom. The predicted molar refractivity (Wildman–Crippen MR) is 100 cm³/mol. The molecular formula is C20H23N5O2. The monoisotopic (exact) mass is 365 g/mol. The molecule has 27 heavy (non-hydrogen) atoms. The summed E-state index contributed by atoms with van der Waals surface area (Å²) >= 11 is 0. The molecule has 7 heteroatoms. The number of benzene rings is 1. The first-order chi connectivity index (χ1) is 13.2. The molecule has 7 nitrogen and oxygen atoms in total. The number of phenols is 1. The third kappa shape index (κ3) is 4.43. The average molecular weight is 365 g/mol. The van der Waals surface area contributed by atoms with Crippen LogP contribution in [0.3, 0.4) is 0 Å². The van der Waals surface area contributed by atoms with E-state index in [-0.39, 0.29) is 5.75 Å². The number of aromatic hydroxyl groups is 2. The summed E-state index contributed by atoms with van der Waals surface area (Å²) < 4.78 is 1.77. The van der Waals surface area contributed by atoms with Crippen LogP contribution in [-0.4, -0.2) is 48.2 Å². The molecule has 1 aromatic carbocycles. The highest BCUT2D eigenvalue weighted by Crippen LogP contribution is 2.30. The van der Waals surface area contributed by atoms with Crippen molar-refractivity contribution in [1.82, 2.24) is 24.9 Å². The van der Waals surface area contributed by atoms with E-state index in [2.05, 4.69) is 26.3 Å². The van der Waals surface area contributed by atoms with Gasteiger partial charge in [0.05, 0.1) is 30.3 Å². The number of aromatic nitrogens is 4. The minimum atomic E-state index is 0.159. The molecule has 1 fully saturated rings. The summed E-state index contributed by atoms with van der Waals surface area (Å²) in [7, 11) is 0. The minimum Gasteiger partial charge on any atom is -0.508 e. The minimum absolute atomic E-state index is 0.159. The first-order valence-corrected chi connectivity index (χ1v) is 9.20. The fourth-order valence-corrected chi connectivity index (χ4v) is 3.60. The Hall–Kier alpha value is -2.93. The van der Waals surface area contributed by atoms with Crippen molar-refractivity contribution >= 4 is 0 Å². The molecule has 0 atom stereocenters. The number of nitrogens with zero attached hydrogens (tertiary/aromatic N) is 5.